The van der Waals surface area contributed by atoms with Crippen LogP contribution in [0.1, 0.15) is 65.7 Å². The minimum atomic E-state index is -4.86. The molecule has 8 unspecified atom stereocenters. The molecule has 5 aliphatic rings. The minimum Gasteiger partial charge on any atom is -0.497 e. The molecule has 8 atom stereocenters. The van der Waals surface area contributed by atoms with Gasteiger partial charge < -0.3 is 39.4 Å². The Morgan fingerprint density at radius 1 is 1.08 bits per heavy atom. The highest BCUT2D eigenvalue weighted by Crippen LogP contribution is 2.46. The number of hydrogen-bond acceptors (Lipinski definition) is 12. The first-order chi connectivity index (χ1) is 28.9. The fourth-order valence-electron chi connectivity index (χ4n) is 8.41. The molecule has 3 aliphatic heterocycles. The number of allylic oxidation sites excluding steroid dienone is 1. The molecule has 2 aliphatic carbocycles. The van der Waals surface area contributed by atoms with Gasteiger partial charge in [-0.05, 0) is 86.9 Å². The van der Waals surface area contributed by atoms with E-state index in [0.29, 0.717) is 82.3 Å². The number of pyridine rings is 1. The van der Waals surface area contributed by atoms with Gasteiger partial charge in [-0.2, -0.15) is 18.2 Å². The van der Waals surface area contributed by atoms with Gasteiger partial charge in [0.2, 0.25) is 27.7 Å². The second kappa shape index (κ2) is 17.5. The lowest BCUT2D eigenvalue weighted by molar-refractivity contribution is -0.197. The number of methoxy groups -OCH3 is 1. The van der Waals surface area contributed by atoms with Crippen LogP contribution in [0.15, 0.2) is 36.4 Å². The number of sulfonamides is 1. The molecule has 4 amide bonds. The maximum atomic E-state index is 14.8. The summed E-state index contributed by atoms with van der Waals surface area (Å²) in [7, 11) is -2.45. The van der Waals surface area contributed by atoms with Crippen LogP contribution in [0, 0.1) is 17.8 Å². The Bertz CT molecular complexity index is 2150. The molecule has 4 heterocycles. The first-order valence-corrected chi connectivity index (χ1v) is 22.3. The fraction of sp³-hybridized carbons (Fsp3) is 0.634. The van der Waals surface area contributed by atoms with E-state index in [9.17, 15) is 40.8 Å². The van der Waals surface area contributed by atoms with Crippen LogP contribution in [-0.4, -0.2) is 123 Å². The number of ether oxygens (including phenoxy) is 4. The van der Waals surface area contributed by atoms with Gasteiger partial charge in [0.1, 0.15) is 35.3 Å². The minimum absolute atomic E-state index is 0.0372. The smallest absolute Gasteiger partial charge is 0.425 e. The third-order valence-electron chi connectivity index (χ3n) is 12.2. The highest BCUT2D eigenvalue weighted by molar-refractivity contribution is 7.91. The molecule has 0 bridgehead atoms. The van der Waals surface area contributed by atoms with Crippen LogP contribution in [0.2, 0.25) is 0 Å². The zero-order valence-corrected chi connectivity index (χ0v) is 35.4. The Hall–Kier alpha value is -4.85. The zero-order valence-electron chi connectivity index (χ0n) is 34.5. The number of benzene rings is 1. The largest absolute Gasteiger partial charge is 0.497 e. The quantitative estimate of drug-likeness (QED) is 0.308. The van der Waals surface area contributed by atoms with Crippen molar-refractivity contribution in [2.45, 2.75) is 107 Å². The summed E-state index contributed by atoms with van der Waals surface area (Å²) in [6.07, 6.45) is -3.69. The molecular weight excluding hydrogens is 826 g/mol. The third kappa shape index (κ3) is 9.95. The van der Waals surface area contributed by atoms with Crippen LogP contribution in [0.4, 0.5) is 23.8 Å². The van der Waals surface area contributed by atoms with Gasteiger partial charge in [0, 0.05) is 30.8 Å². The van der Waals surface area contributed by atoms with Gasteiger partial charge in [-0.1, -0.05) is 26.0 Å². The van der Waals surface area contributed by atoms with Crippen molar-refractivity contribution in [1.29, 1.82) is 0 Å². The average Bonchev–Trinajstić information content (AvgIpc) is 4.14. The summed E-state index contributed by atoms with van der Waals surface area (Å²) < 4.78 is 90.6. The molecule has 0 spiro atoms. The molecule has 0 radical (unpaired) electrons. The molecule has 2 saturated heterocycles. The normalized spacial score (nSPS) is 29.3. The number of hydrogen-bond donors (Lipinski definition) is 3. The van der Waals surface area contributed by atoms with E-state index in [0.717, 1.165) is 5.39 Å². The number of fused-ring (bicyclic) bond motifs is 3. The highest BCUT2D eigenvalue weighted by atomic mass is 32.2. The number of carbonyl (C=O) groups excluding carboxylic acids is 4. The number of nitrogens with zero attached hydrogens (tertiary/aromatic N) is 3. The highest BCUT2D eigenvalue weighted by Gasteiger charge is 2.62. The first kappa shape index (κ1) is 44.2. The second-order valence-corrected chi connectivity index (χ2v) is 18.9. The summed E-state index contributed by atoms with van der Waals surface area (Å²) in [6, 6.07) is 4.49. The van der Waals surface area contributed by atoms with Crippen molar-refractivity contribution >= 4 is 50.4 Å². The molecule has 3 N–H and O–H groups in total. The zero-order chi connectivity index (χ0) is 43.9. The van der Waals surface area contributed by atoms with Gasteiger partial charge in [-0.3, -0.25) is 19.1 Å². The number of nitrogens with one attached hydrogen (secondary N) is 3. The summed E-state index contributed by atoms with van der Waals surface area (Å²) >= 11 is 0. The van der Waals surface area contributed by atoms with Crippen LogP contribution in [-0.2, 0) is 33.9 Å². The number of halogens is 3. The SMILES string of the molecule is COc1ccc2c(OC3CC4C(=O)NC5(C(=O)NS(=O)(=O)C6CC6)CC5C=CCCC(C)CC(C)C(NC(=O)OC(C)C(F)(F)F)C(=O)N4C3)nc(N3CCOCC3)cc2c1. The fourth-order valence-corrected chi connectivity index (χ4v) is 9.77. The van der Waals surface area contributed by atoms with E-state index >= 15 is 0 Å². The summed E-state index contributed by atoms with van der Waals surface area (Å²) in [4.78, 5) is 64.5. The van der Waals surface area contributed by atoms with E-state index in [1.807, 2.05) is 30.0 Å². The second-order valence-electron chi connectivity index (χ2n) is 16.9. The van der Waals surface area contributed by atoms with Gasteiger partial charge in [-0.25, -0.2) is 13.2 Å². The van der Waals surface area contributed by atoms with Gasteiger partial charge in [0.25, 0.3) is 5.91 Å². The molecular formula is C41H53F3N6O10S. The van der Waals surface area contributed by atoms with E-state index in [1.165, 1.54) is 4.90 Å². The average molecular weight is 879 g/mol. The van der Waals surface area contributed by atoms with Crippen LogP contribution in [0.25, 0.3) is 10.8 Å². The molecule has 61 heavy (non-hydrogen) atoms. The number of aromatic nitrogens is 1. The Morgan fingerprint density at radius 3 is 2.51 bits per heavy atom. The Morgan fingerprint density at radius 2 is 1.82 bits per heavy atom. The van der Waals surface area contributed by atoms with E-state index < -0.39 is 86.9 Å². The molecule has 20 heteroatoms. The number of carbonyl (C=O) groups is 4. The van der Waals surface area contributed by atoms with Crippen LogP contribution >= 0.6 is 0 Å². The lowest BCUT2D eigenvalue weighted by Gasteiger charge is -2.33. The molecule has 2 saturated carbocycles. The topological polar surface area (TPSA) is 195 Å². The van der Waals surface area contributed by atoms with Crippen molar-refractivity contribution < 1.29 is 59.7 Å². The van der Waals surface area contributed by atoms with E-state index in [2.05, 4.69) is 20.1 Å². The van der Waals surface area contributed by atoms with Crippen molar-refractivity contribution in [1.82, 2.24) is 25.2 Å². The maximum Gasteiger partial charge on any atom is 0.425 e. The van der Waals surface area contributed by atoms with E-state index in [4.69, 9.17) is 19.2 Å². The molecule has 4 fully saturated rings. The number of amides is 4. The number of alkyl carbamates (subject to hydrolysis) is 1. The standard InChI is InChI=1S/C41H53F3N6O10S/c1-23-7-5-6-8-27-21-40(27,38(53)48-61(55,56)30-10-11-30)47-35(51)32-20-29(22-50(32)37(52)34(24(2)17-23)46-39(54)59-25(3)41(42,43)44)60-36-31-12-9-28(57-4)18-26(31)19-33(45-36)49-13-15-58-16-14-49/h6,8-9,12,18-19,23-25,27,29-30,32,34H,5,7,10-11,13-17,20-22H2,1-4H3,(H,46,54)(H,47,51)(H,48,53). The predicted octanol–water partition coefficient (Wildman–Crippen LogP) is 3.97. The lowest BCUT2D eigenvalue weighted by atomic mass is 9.88. The number of rotatable bonds is 9. The van der Waals surface area contributed by atoms with Crippen LogP contribution < -0.4 is 29.7 Å². The summed E-state index contributed by atoms with van der Waals surface area (Å²) in [5.74, 6) is -2.26. The Kier molecular flexibility index (Phi) is 12.7. The summed E-state index contributed by atoms with van der Waals surface area (Å²) in [5, 5.41) is 5.84. The predicted molar refractivity (Wildman–Crippen MR) is 215 cm³/mol. The third-order valence-corrected chi connectivity index (χ3v) is 14.1. The summed E-state index contributed by atoms with van der Waals surface area (Å²) in [6.45, 7) is 6.20. The van der Waals surface area contributed by atoms with Crippen LogP contribution in [0.3, 0.4) is 0 Å². The Balaban J connectivity index is 1.24. The lowest BCUT2D eigenvalue weighted by Crippen LogP contribution is -2.59. The molecule has 2 aromatic rings. The van der Waals surface area contributed by atoms with Crippen molar-refractivity contribution in [2.75, 3.05) is 44.9 Å². The van der Waals surface area contributed by atoms with E-state index in [-0.39, 0.29) is 31.2 Å². The molecule has 1 aromatic carbocycles. The van der Waals surface area contributed by atoms with Gasteiger partial charge >= 0.3 is 12.3 Å². The van der Waals surface area contributed by atoms with Crippen molar-refractivity contribution in [3.63, 3.8) is 0 Å². The van der Waals surface area contributed by atoms with Gasteiger partial charge in [-0.15, -0.1) is 0 Å². The monoisotopic (exact) mass is 878 g/mol. The molecule has 7 rings (SSSR count). The molecule has 334 valence electrons. The van der Waals surface area contributed by atoms with Crippen molar-refractivity contribution in [3.05, 3.63) is 36.4 Å². The van der Waals surface area contributed by atoms with Crippen molar-refractivity contribution in [3.8, 4) is 11.6 Å². The van der Waals surface area contributed by atoms with Gasteiger partial charge in [0.15, 0.2) is 6.10 Å². The number of alkyl halides is 3. The number of morpholine rings is 1. The van der Waals surface area contributed by atoms with Crippen LogP contribution in [0.5, 0.6) is 11.6 Å². The molecule has 1 aromatic heterocycles. The summed E-state index contributed by atoms with van der Waals surface area (Å²) in [5.41, 5.74) is -1.64. The Labute approximate surface area is 352 Å². The van der Waals surface area contributed by atoms with Crippen molar-refractivity contribution in [2.24, 2.45) is 17.8 Å². The maximum absolute atomic E-state index is 14.8. The number of anilines is 1. The van der Waals surface area contributed by atoms with E-state index in [1.54, 1.807) is 32.2 Å². The van der Waals surface area contributed by atoms with Gasteiger partial charge in [0.05, 0.1) is 32.1 Å². The first-order valence-electron chi connectivity index (χ1n) is 20.8. The molecule has 16 nitrogen and oxygen atoms in total.